The number of thioether (sulfide) groups is 1. The van der Waals surface area contributed by atoms with E-state index in [2.05, 4.69) is 10.4 Å². The molecule has 0 aliphatic carbocycles. The van der Waals surface area contributed by atoms with Crippen molar-refractivity contribution in [2.24, 2.45) is 0 Å². The summed E-state index contributed by atoms with van der Waals surface area (Å²) < 4.78 is 1.21. The SMILES string of the molecule is Cc1cc(=O)c(C(=O)N2CSCC2C(=O)NC(C)(C)C)nn1-c1ccccc1[N+](=O)[O-]. The second kappa shape index (κ2) is 8.50. The van der Waals surface area contributed by atoms with Crippen molar-refractivity contribution < 1.29 is 14.5 Å². The van der Waals surface area contributed by atoms with Gasteiger partial charge < -0.3 is 10.2 Å². The van der Waals surface area contributed by atoms with E-state index >= 15 is 0 Å². The quantitative estimate of drug-likeness (QED) is 0.562. The van der Waals surface area contributed by atoms with Gasteiger partial charge in [0.2, 0.25) is 11.3 Å². The van der Waals surface area contributed by atoms with Crippen LogP contribution in [0.5, 0.6) is 0 Å². The molecule has 0 bridgehead atoms. The number of aromatic nitrogens is 2. The number of nitrogens with zero attached hydrogens (tertiary/aromatic N) is 4. The molecule has 164 valence electrons. The van der Waals surface area contributed by atoms with E-state index in [-0.39, 0.29) is 28.9 Å². The second-order valence-electron chi connectivity index (χ2n) is 8.19. The van der Waals surface area contributed by atoms with Gasteiger partial charge in [0.05, 0.1) is 10.8 Å². The fraction of sp³-hybridized carbons (Fsp3) is 0.400. The molecule has 1 atom stereocenters. The van der Waals surface area contributed by atoms with Gasteiger partial charge in [-0.15, -0.1) is 11.8 Å². The predicted molar refractivity (Wildman–Crippen MR) is 116 cm³/mol. The fourth-order valence-corrected chi connectivity index (χ4v) is 4.34. The highest BCUT2D eigenvalue weighted by molar-refractivity contribution is 7.99. The number of nitro groups is 1. The molecular weight excluding hydrogens is 422 g/mol. The summed E-state index contributed by atoms with van der Waals surface area (Å²) in [5.41, 5.74) is -1.20. The zero-order valence-corrected chi connectivity index (χ0v) is 18.4. The fourth-order valence-electron chi connectivity index (χ4n) is 3.19. The van der Waals surface area contributed by atoms with Crippen LogP contribution in [0.15, 0.2) is 35.1 Å². The average Bonchev–Trinajstić information content (AvgIpc) is 3.16. The first-order valence-electron chi connectivity index (χ1n) is 9.55. The summed E-state index contributed by atoms with van der Waals surface area (Å²) in [5, 5.41) is 18.4. The van der Waals surface area contributed by atoms with Crippen molar-refractivity contribution in [2.75, 3.05) is 11.6 Å². The van der Waals surface area contributed by atoms with Gasteiger partial charge in [-0.05, 0) is 33.8 Å². The summed E-state index contributed by atoms with van der Waals surface area (Å²) in [5.74, 6) is -0.354. The zero-order chi connectivity index (χ0) is 22.9. The van der Waals surface area contributed by atoms with Crippen LogP contribution in [0.3, 0.4) is 0 Å². The van der Waals surface area contributed by atoms with Gasteiger partial charge in [-0.25, -0.2) is 4.68 Å². The number of benzene rings is 1. The molecule has 0 radical (unpaired) electrons. The molecule has 31 heavy (non-hydrogen) atoms. The number of aryl methyl sites for hydroxylation is 1. The number of carbonyl (C=O) groups excluding carboxylic acids is 2. The van der Waals surface area contributed by atoms with E-state index in [4.69, 9.17) is 0 Å². The number of hydrogen-bond donors (Lipinski definition) is 1. The lowest BCUT2D eigenvalue weighted by molar-refractivity contribution is -0.384. The molecule has 11 heteroatoms. The van der Waals surface area contributed by atoms with Crippen LogP contribution in [-0.2, 0) is 4.79 Å². The molecule has 1 unspecified atom stereocenters. The van der Waals surface area contributed by atoms with E-state index in [1.54, 1.807) is 13.0 Å². The summed E-state index contributed by atoms with van der Waals surface area (Å²) in [4.78, 5) is 50.6. The van der Waals surface area contributed by atoms with Crippen LogP contribution >= 0.6 is 11.8 Å². The Morgan fingerprint density at radius 3 is 2.61 bits per heavy atom. The Labute approximate surface area is 182 Å². The van der Waals surface area contributed by atoms with E-state index in [0.717, 1.165) is 0 Å². The monoisotopic (exact) mass is 445 g/mol. The van der Waals surface area contributed by atoms with E-state index in [1.165, 1.54) is 45.6 Å². The van der Waals surface area contributed by atoms with E-state index < -0.39 is 27.8 Å². The summed E-state index contributed by atoms with van der Waals surface area (Å²) in [6.07, 6.45) is 0. The second-order valence-corrected chi connectivity index (χ2v) is 9.19. The summed E-state index contributed by atoms with van der Waals surface area (Å²) in [7, 11) is 0. The molecule has 0 saturated carbocycles. The molecule has 2 heterocycles. The number of carbonyl (C=O) groups is 2. The molecule has 2 amide bonds. The van der Waals surface area contributed by atoms with Crippen molar-refractivity contribution in [1.82, 2.24) is 20.0 Å². The smallest absolute Gasteiger partial charge is 0.294 e. The Bertz CT molecular complexity index is 1110. The van der Waals surface area contributed by atoms with Gasteiger partial charge in [0.25, 0.3) is 11.6 Å². The van der Waals surface area contributed by atoms with Gasteiger partial charge in [0, 0.05) is 29.1 Å². The Kier molecular flexibility index (Phi) is 6.16. The first kappa shape index (κ1) is 22.5. The van der Waals surface area contributed by atoms with Crippen LogP contribution in [0.1, 0.15) is 37.0 Å². The molecule has 0 spiro atoms. The molecule has 3 rings (SSSR count). The van der Waals surface area contributed by atoms with Crippen LogP contribution in [0.2, 0.25) is 0 Å². The molecular formula is C20H23N5O5S. The topological polar surface area (TPSA) is 127 Å². The van der Waals surface area contributed by atoms with Crippen molar-refractivity contribution >= 4 is 29.3 Å². The van der Waals surface area contributed by atoms with Gasteiger partial charge >= 0.3 is 0 Å². The molecule has 10 nitrogen and oxygen atoms in total. The van der Waals surface area contributed by atoms with E-state index in [1.807, 2.05) is 20.8 Å². The largest absolute Gasteiger partial charge is 0.350 e. The predicted octanol–water partition coefficient (Wildman–Crippen LogP) is 1.88. The maximum absolute atomic E-state index is 13.2. The van der Waals surface area contributed by atoms with Crippen molar-refractivity contribution in [2.45, 2.75) is 39.3 Å². The van der Waals surface area contributed by atoms with Crippen molar-refractivity contribution in [3.05, 3.63) is 62.1 Å². The number of nitro benzene ring substituents is 1. The number of nitrogens with one attached hydrogen (secondary N) is 1. The number of rotatable bonds is 4. The van der Waals surface area contributed by atoms with Gasteiger partial charge in [-0.2, -0.15) is 5.10 Å². The van der Waals surface area contributed by atoms with Crippen LogP contribution in [-0.4, -0.2) is 54.6 Å². The first-order chi connectivity index (χ1) is 14.5. The minimum Gasteiger partial charge on any atom is -0.350 e. The van der Waals surface area contributed by atoms with Gasteiger partial charge in [0.1, 0.15) is 11.7 Å². The Morgan fingerprint density at radius 1 is 1.29 bits per heavy atom. The lowest BCUT2D eigenvalue weighted by Crippen LogP contribution is -2.53. The molecule has 1 N–H and O–H groups in total. The maximum Gasteiger partial charge on any atom is 0.294 e. The lowest BCUT2D eigenvalue weighted by Gasteiger charge is -2.27. The normalized spacial score (nSPS) is 16.3. The minimum atomic E-state index is -0.737. The third-order valence-electron chi connectivity index (χ3n) is 4.56. The van der Waals surface area contributed by atoms with Gasteiger partial charge in [-0.1, -0.05) is 12.1 Å². The molecule has 1 aliphatic rings. The highest BCUT2D eigenvalue weighted by atomic mass is 32.2. The maximum atomic E-state index is 13.2. The third-order valence-corrected chi connectivity index (χ3v) is 5.57. The van der Waals surface area contributed by atoms with Gasteiger partial charge in [-0.3, -0.25) is 24.5 Å². The summed E-state index contributed by atoms with van der Waals surface area (Å²) in [6, 6.07) is 6.41. The average molecular weight is 446 g/mol. The number of hydrogen-bond acceptors (Lipinski definition) is 7. The van der Waals surface area contributed by atoms with E-state index in [0.29, 0.717) is 11.4 Å². The highest BCUT2D eigenvalue weighted by Crippen LogP contribution is 2.25. The number of para-hydroxylation sites is 2. The van der Waals surface area contributed by atoms with Crippen molar-refractivity contribution in [1.29, 1.82) is 0 Å². The number of amides is 2. The standard InChI is InChI=1S/C20H23N5O5S/c1-12-9-16(26)17(22-24(12)13-7-5-6-8-14(13)25(29)30)19(28)23-11-31-10-15(23)18(27)21-20(2,3)4/h5-9,15H,10-11H2,1-4H3,(H,21,27). The summed E-state index contributed by atoms with van der Waals surface area (Å²) >= 11 is 1.40. The van der Waals surface area contributed by atoms with Crippen LogP contribution in [0.25, 0.3) is 5.69 Å². The molecule has 1 aromatic heterocycles. The molecule has 1 aromatic carbocycles. The molecule has 1 saturated heterocycles. The van der Waals surface area contributed by atoms with E-state index in [9.17, 15) is 24.5 Å². The van der Waals surface area contributed by atoms with Crippen LogP contribution in [0.4, 0.5) is 5.69 Å². The van der Waals surface area contributed by atoms with Gasteiger partial charge in [0.15, 0.2) is 5.69 Å². The Hall–Kier alpha value is -3.21. The zero-order valence-electron chi connectivity index (χ0n) is 17.6. The summed E-state index contributed by atoms with van der Waals surface area (Å²) in [6.45, 7) is 7.09. The van der Waals surface area contributed by atoms with Crippen molar-refractivity contribution in [3.8, 4) is 5.69 Å². The van der Waals surface area contributed by atoms with Crippen molar-refractivity contribution in [3.63, 3.8) is 0 Å². The Morgan fingerprint density at radius 2 is 1.97 bits per heavy atom. The highest BCUT2D eigenvalue weighted by Gasteiger charge is 2.38. The Balaban J connectivity index is 2.01. The van der Waals surface area contributed by atoms with Crippen LogP contribution in [0, 0.1) is 17.0 Å². The molecule has 2 aromatic rings. The van der Waals surface area contributed by atoms with Crippen LogP contribution < -0.4 is 10.7 Å². The molecule has 1 aliphatic heterocycles. The first-order valence-corrected chi connectivity index (χ1v) is 10.7. The minimum absolute atomic E-state index is 0.136. The lowest BCUT2D eigenvalue weighted by atomic mass is 10.1. The third kappa shape index (κ3) is 4.76. The molecule has 1 fully saturated rings.